The standard InChI is InChI=1S/C17H24O5/c1-5-14(15-11-20-17(2,3)22-15)21-13-8-6-12(7-9-13)10-16(18)19-4/h6-9,14-15H,5,10-11H2,1-4H3. The molecule has 0 aliphatic carbocycles. The molecule has 0 N–H and O–H groups in total. The summed E-state index contributed by atoms with van der Waals surface area (Å²) in [5, 5.41) is 0. The summed E-state index contributed by atoms with van der Waals surface area (Å²) in [6.07, 6.45) is 0.957. The Hall–Kier alpha value is -1.59. The molecule has 1 aromatic carbocycles. The van der Waals surface area contributed by atoms with Crippen molar-refractivity contribution in [2.24, 2.45) is 0 Å². The van der Waals surface area contributed by atoms with Crippen molar-refractivity contribution in [3.63, 3.8) is 0 Å². The summed E-state index contributed by atoms with van der Waals surface area (Å²) >= 11 is 0. The van der Waals surface area contributed by atoms with E-state index in [1.165, 1.54) is 7.11 Å². The summed E-state index contributed by atoms with van der Waals surface area (Å²) in [7, 11) is 1.39. The van der Waals surface area contributed by atoms with Crippen LogP contribution in [0, 0.1) is 0 Å². The van der Waals surface area contributed by atoms with E-state index in [0.717, 1.165) is 17.7 Å². The van der Waals surface area contributed by atoms with E-state index in [0.29, 0.717) is 6.61 Å². The number of carbonyl (C=O) groups excluding carboxylic acids is 1. The molecule has 0 amide bonds. The van der Waals surface area contributed by atoms with Crippen LogP contribution in [0.2, 0.25) is 0 Å². The minimum Gasteiger partial charge on any atom is -0.488 e. The Kier molecular flexibility index (Phi) is 5.42. The van der Waals surface area contributed by atoms with Gasteiger partial charge in [-0.05, 0) is 38.0 Å². The van der Waals surface area contributed by atoms with Crippen molar-refractivity contribution < 1.29 is 23.7 Å². The van der Waals surface area contributed by atoms with Crippen molar-refractivity contribution in [3.05, 3.63) is 29.8 Å². The van der Waals surface area contributed by atoms with Crippen LogP contribution >= 0.6 is 0 Å². The molecule has 1 fully saturated rings. The fourth-order valence-corrected chi connectivity index (χ4v) is 2.42. The number of hydrogen-bond acceptors (Lipinski definition) is 5. The zero-order valence-corrected chi connectivity index (χ0v) is 13.6. The zero-order chi connectivity index (χ0) is 16.2. The van der Waals surface area contributed by atoms with Gasteiger partial charge in [-0.25, -0.2) is 0 Å². The third-order valence-electron chi connectivity index (χ3n) is 3.63. The fourth-order valence-electron chi connectivity index (χ4n) is 2.42. The van der Waals surface area contributed by atoms with Gasteiger partial charge in [0.15, 0.2) is 5.79 Å². The van der Waals surface area contributed by atoms with Gasteiger partial charge in [-0.1, -0.05) is 19.1 Å². The van der Waals surface area contributed by atoms with Crippen molar-refractivity contribution in [2.45, 2.75) is 51.6 Å². The summed E-state index contributed by atoms with van der Waals surface area (Å²) in [5.74, 6) is -0.0427. The lowest BCUT2D eigenvalue weighted by atomic mass is 10.1. The van der Waals surface area contributed by atoms with Crippen molar-refractivity contribution in [1.29, 1.82) is 0 Å². The highest BCUT2D eigenvalue weighted by atomic mass is 16.7. The Morgan fingerprint density at radius 1 is 1.36 bits per heavy atom. The van der Waals surface area contributed by atoms with Crippen LogP contribution in [-0.4, -0.2) is 37.7 Å². The van der Waals surface area contributed by atoms with Crippen molar-refractivity contribution in [1.82, 2.24) is 0 Å². The normalized spacial score (nSPS) is 21.4. The molecule has 0 spiro atoms. The zero-order valence-electron chi connectivity index (χ0n) is 13.6. The molecule has 2 atom stereocenters. The van der Waals surface area contributed by atoms with Gasteiger partial charge >= 0.3 is 5.97 Å². The highest BCUT2D eigenvalue weighted by Crippen LogP contribution is 2.27. The second-order valence-corrected chi connectivity index (χ2v) is 5.83. The SMILES string of the molecule is CCC(Oc1ccc(CC(=O)OC)cc1)C1COC(C)(C)O1. The highest BCUT2D eigenvalue weighted by Gasteiger charge is 2.37. The Balaban J connectivity index is 1.95. The summed E-state index contributed by atoms with van der Waals surface area (Å²) in [4.78, 5) is 11.2. The molecule has 1 saturated heterocycles. The molecule has 0 saturated carbocycles. The summed E-state index contributed by atoms with van der Waals surface area (Å²) < 4.78 is 22.1. The molecule has 0 radical (unpaired) electrons. The average molecular weight is 308 g/mol. The predicted octanol–water partition coefficient (Wildman–Crippen LogP) is 2.71. The number of rotatable bonds is 6. The average Bonchev–Trinajstić information content (AvgIpc) is 2.86. The highest BCUT2D eigenvalue weighted by molar-refractivity contribution is 5.72. The second-order valence-electron chi connectivity index (χ2n) is 5.83. The largest absolute Gasteiger partial charge is 0.488 e. The van der Waals surface area contributed by atoms with Gasteiger partial charge in [-0.2, -0.15) is 0 Å². The molecule has 1 heterocycles. The first-order valence-corrected chi connectivity index (χ1v) is 7.57. The van der Waals surface area contributed by atoms with E-state index in [1.807, 2.05) is 38.1 Å². The number of ether oxygens (including phenoxy) is 4. The molecule has 1 aliphatic rings. The molecule has 1 aromatic rings. The lowest BCUT2D eigenvalue weighted by Crippen LogP contribution is -2.34. The van der Waals surface area contributed by atoms with Crippen LogP contribution in [-0.2, 0) is 25.4 Å². The predicted molar refractivity (Wildman–Crippen MR) is 81.8 cm³/mol. The van der Waals surface area contributed by atoms with Gasteiger partial charge in [0.2, 0.25) is 0 Å². The lowest BCUT2D eigenvalue weighted by Gasteiger charge is -2.24. The lowest BCUT2D eigenvalue weighted by molar-refractivity contribution is -0.149. The minimum atomic E-state index is -0.550. The molecule has 0 bridgehead atoms. The molecule has 0 aromatic heterocycles. The van der Waals surface area contributed by atoms with E-state index >= 15 is 0 Å². The first-order valence-electron chi connectivity index (χ1n) is 7.57. The van der Waals surface area contributed by atoms with Crippen LogP contribution in [0.3, 0.4) is 0 Å². The first kappa shape index (κ1) is 16.8. The third-order valence-corrected chi connectivity index (χ3v) is 3.63. The molecule has 1 aliphatic heterocycles. The summed E-state index contributed by atoms with van der Waals surface area (Å²) in [6, 6.07) is 7.47. The molecule has 22 heavy (non-hydrogen) atoms. The number of carbonyl (C=O) groups is 1. The number of benzene rings is 1. The van der Waals surface area contributed by atoms with Gasteiger partial charge in [0, 0.05) is 0 Å². The maximum Gasteiger partial charge on any atom is 0.309 e. The number of esters is 1. The van der Waals surface area contributed by atoms with Gasteiger partial charge in [0.25, 0.3) is 0 Å². The smallest absolute Gasteiger partial charge is 0.309 e. The Morgan fingerprint density at radius 3 is 2.55 bits per heavy atom. The van der Waals surface area contributed by atoms with E-state index in [-0.39, 0.29) is 24.6 Å². The number of methoxy groups -OCH3 is 1. The molecule has 5 nitrogen and oxygen atoms in total. The fraction of sp³-hybridized carbons (Fsp3) is 0.588. The van der Waals surface area contributed by atoms with E-state index in [4.69, 9.17) is 14.2 Å². The van der Waals surface area contributed by atoms with Crippen molar-refractivity contribution in [3.8, 4) is 5.75 Å². The third kappa shape index (κ3) is 4.45. The van der Waals surface area contributed by atoms with E-state index in [9.17, 15) is 4.79 Å². The minimum absolute atomic E-state index is 0.0618. The van der Waals surface area contributed by atoms with E-state index in [1.54, 1.807) is 0 Å². The van der Waals surface area contributed by atoms with Gasteiger partial charge in [0.1, 0.15) is 18.0 Å². The van der Waals surface area contributed by atoms with Crippen molar-refractivity contribution >= 4 is 5.97 Å². The Labute approximate surface area is 131 Å². The van der Waals surface area contributed by atoms with Gasteiger partial charge in [0.05, 0.1) is 20.1 Å². The summed E-state index contributed by atoms with van der Waals surface area (Å²) in [5.41, 5.74) is 0.897. The van der Waals surface area contributed by atoms with Gasteiger partial charge in [-0.3, -0.25) is 4.79 Å². The topological polar surface area (TPSA) is 54.0 Å². The molecule has 5 heteroatoms. The molecule has 2 rings (SSSR count). The van der Waals surface area contributed by atoms with Crippen LogP contribution in [0.25, 0.3) is 0 Å². The maximum atomic E-state index is 11.2. The first-order chi connectivity index (χ1) is 10.4. The van der Waals surface area contributed by atoms with Crippen LogP contribution < -0.4 is 4.74 Å². The Bertz CT molecular complexity index is 494. The van der Waals surface area contributed by atoms with Crippen LogP contribution in [0.15, 0.2) is 24.3 Å². The molecular formula is C17H24O5. The van der Waals surface area contributed by atoms with Crippen LogP contribution in [0.1, 0.15) is 32.8 Å². The van der Waals surface area contributed by atoms with Gasteiger partial charge < -0.3 is 18.9 Å². The quantitative estimate of drug-likeness (QED) is 0.756. The Morgan fingerprint density at radius 2 is 2.05 bits per heavy atom. The maximum absolute atomic E-state index is 11.2. The van der Waals surface area contributed by atoms with Crippen LogP contribution in [0.5, 0.6) is 5.75 Å². The van der Waals surface area contributed by atoms with E-state index < -0.39 is 5.79 Å². The molecule has 122 valence electrons. The van der Waals surface area contributed by atoms with E-state index in [2.05, 4.69) is 11.7 Å². The summed E-state index contributed by atoms with van der Waals surface area (Å²) in [6.45, 7) is 6.40. The van der Waals surface area contributed by atoms with Crippen LogP contribution in [0.4, 0.5) is 0 Å². The van der Waals surface area contributed by atoms with Crippen molar-refractivity contribution in [2.75, 3.05) is 13.7 Å². The van der Waals surface area contributed by atoms with Gasteiger partial charge in [-0.15, -0.1) is 0 Å². The second kappa shape index (κ2) is 7.11. The monoisotopic (exact) mass is 308 g/mol. The molecular weight excluding hydrogens is 284 g/mol. The number of hydrogen-bond donors (Lipinski definition) is 0. The molecule has 2 unspecified atom stereocenters.